The van der Waals surface area contributed by atoms with Crippen LogP contribution in [0.2, 0.25) is 0 Å². The number of methoxy groups -OCH3 is 2. The Morgan fingerprint density at radius 2 is 1.48 bits per heavy atom. The van der Waals surface area contributed by atoms with Gasteiger partial charge < -0.3 is 40.2 Å². The molecular formula is C38H47N9O8S. The van der Waals surface area contributed by atoms with Gasteiger partial charge in [0.25, 0.3) is 0 Å². The Bertz CT molecular complexity index is 2180. The number of carbonyl (C=O) groups is 5. The van der Waals surface area contributed by atoms with E-state index < -0.39 is 41.9 Å². The maximum Gasteiger partial charge on any atom is 0.407 e. The van der Waals surface area contributed by atoms with Crippen molar-refractivity contribution in [3.05, 3.63) is 58.9 Å². The van der Waals surface area contributed by atoms with E-state index in [0.717, 1.165) is 34.3 Å². The average Bonchev–Trinajstić information content (AvgIpc) is 4.01. The first-order chi connectivity index (χ1) is 26.8. The van der Waals surface area contributed by atoms with Gasteiger partial charge in [-0.3, -0.25) is 19.0 Å². The minimum Gasteiger partial charge on any atom is -0.453 e. The Kier molecular flexibility index (Phi) is 12.1. The number of anilines is 1. The van der Waals surface area contributed by atoms with Gasteiger partial charge in [-0.2, -0.15) is 4.98 Å². The summed E-state index contributed by atoms with van der Waals surface area (Å²) >= 11 is 1.39. The van der Waals surface area contributed by atoms with E-state index in [4.69, 9.17) is 9.72 Å². The van der Waals surface area contributed by atoms with E-state index >= 15 is 0 Å². The molecule has 4 atom stereocenters. The summed E-state index contributed by atoms with van der Waals surface area (Å²) in [6, 6.07) is 8.42. The van der Waals surface area contributed by atoms with Crippen molar-refractivity contribution in [2.24, 2.45) is 11.8 Å². The van der Waals surface area contributed by atoms with Crippen molar-refractivity contribution >= 4 is 58.1 Å². The highest BCUT2D eigenvalue weighted by atomic mass is 32.1. The molecule has 2 aliphatic rings. The summed E-state index contributed by atoms with van der Waals surface area (Å²) in [6.45, 7) is 8.23. The molecule has 0 spiro atoms. The normalized spacial score (nSPS) is 17.9. The number of nitrogens with one attached hydrogen (secondary N) is 4. The van der Waals surface area contributed by atoms with Crippen molar-refractivity contribution in [1.29, 1.82) is 0 Å². The van der Waals surface area contributed by atoms with Crippen molar-refractivity contribution in [3.63, 3.8) is 0 Å². The lowest BCUT2D eigenvalue weighted by atomic mass is 10.0. The number of hydrogen-bond donors (Lipinski definition) is 4. The summed E-state index contributed by atoms with van der Waals surface area (Å²) in [6.07, 6.45) is 2.72. The molecule has 5 heterocycles. The highest BCUT2D eigenvalue weighted by molar-refractivity contribution is 7.17. The van der Waals surface area contributed by atoms with E-state index in [2.05, 4.69) is 30.7 Å². The van der Waals surface area contributed by atoms with E-state index in [9.17, 15) is 28.8 Å². The van der Waals surface area contributed by atoms with Crippen LogP contribution in [-0.2, 0) is 23.9 Å². The highest BCUT2D eigenvalue weighted by Crippen LogP contribution is 2.35. The summed E-state index contributed by atoms with van der Waals surface area (Å²) in [5.41, 5.74) is 1.84. The molecule has 4 N–H and O–H groups in total. The van der Waals surface area contributed by atoms with Crippen molar-refractivity contribution < 1.29 is 33.4 Å². The molecular weight excluding hydrogens is 743 g/mol. The number of aromatic amines is 1. The summed E-state index contributed by atoms with van der Waals surface area (Å²) < 4.78 is 10.8. The lowest BCUT2D eigenvalue weighted by Crippen LogP contribution is -2.54. The number of ether oxygens (including phenoxy) is 2. The number of amides is 5. The Labute approximate surface area is 327 Å². The molecule has 2 fully saturated rings. The predicted molar refractivity (Wildman–Crippen MR) is 208 cm³/mol. The number of rotatable bonds is 11. The molecule has 0 unspecified atom stereocenters. The molecule has 0 radical (unpaired) electrons. The number of aromatic nitrogens is 4. The smallest absolute Gasteiger partial charge is 0.407 e. The minimum atomic E-state index is -0.866. The molecule has 0 bridgehead atoms. The maximum atomic E-state index is 13.6. The number of fused-ring (bicyclic) bond motifs is 1. The van der Waals surface area contributed by atoms with Gasteiger partial charge in [0, 0.05) is 24.2 Å². The topological polar surface area (TPSA) is 210 Å². The van der Waals surface area contributed by atoms with Gasteiger partial charge in [0.05, 0.1) is 31.3 Å². The zero-order valence-electron chi connectivity index (χ0n) is 32.2. The van der Waals surface area contributed by atoms with Gasteiger partial charge in [0.2, 0.25) is 17.7 Å². The first kappa shape index (κ1) is 39.9. The van der Waals surface area contributed by atoms with E-state index in [-0.39, 0.29) is 35.5 Å². The number of hydrogen-bond acceptors (Lipinski definition) is 11. The van der Waals surface area contributed by atoms with Crippen molar-refractivity contribution in [1.82, 2.24) is 40.0 Å². The van der Waals surface area contributed by atoms with Crippen LogP contribution in [0.1, 0.15) is 65.2 Å². The second-order valence-corrected chi connectivity index (χ2v) is 15.6. The van der Waals surface area contributed by atoms with Crippen LogP contribution in [0.4, 0.5) is 15.4 Å². The Hall–Kier alpha value is -5.78. The first-order valence-corrected chi connectivity index (χ1v) is 19.4. The van der Waals surface area contributed by atoms with Gasteiger partial charge in [0.15, 0.2) is 0 Å². The molecule has 6 rings (SSSR count). The molecule has 2 saturated heterocycles. The fourth-order valence-electron chi connectivity index (χ4n) is 7.18. The number of nitrogens with zero attached hydrogens (tertiary/aromatic N) is 5. The molecule has 18 heteroatoms. The van der Waals surface area contributed by atoms with E-state index in [1.54, 1.807) is 18.7 Å². The van der Waals surface area contributed by atoms with Crippen LogP contribution in [-0.4, -0.2) is 105 Å². The Morgan fingerprint density at radius 3 is 2.12 bits per heavy atom. The van der Waals surface area contributed by atoms with Gasteiger partial charge in [0.1, 0.15) is 34.8 Å². The zero-order chi connectivity index (χ0) is 40.3. The van der Waals surface area contributed by atoms with Gasteiger partial charge in [-0.15, -0.1) is 11.3 Å². The summed E-state index contributed by atoms with van der Waals surface area (Å²) in [7, 11) is 2.48. The van der Waals surface area contributed by atoms with Crippen molar-refractivity contribution in [2.75, 3.05) is 32.6 Å². The van der Waals surface area contributed by atoms with Crippen LogP contribution < -0.4 is 21.6 Å². The summed E-state index contributed by atoms with van der Waals surface area (Å²) in [5.74, 6) is -0.694. The molecule has 1 aromatic carbocycles. The lowest BCUT2D eigenvalue weighted by Gasteiger charge is -2.30. The summed E-state index contributed by atoms with van der Waals surface area (Å²) in [4.78, 5) is 93.8. The SMILES string of the molecule is COC(=O)N[C@H](C(=O)N1CCC[C@H]1C(=O)Nc1ccn(-c2ccc(-c3ccc4nc([C@@H]5CCCN5C(=O)[C@@H](NC(=O)OC)C(C)C)[nH]c4c3)s2)c(=O)n1)C(C)C. The predicted octanol–water partition coefficient (Wildman–Crippen LogP) is 4.19. The van der Waals surface area contributed by atoms with Crippen LogP contribution in [0.15, 0.2) is 47.4 Å². The standard InChI is InChI=1S/C38H47N9O8S/c1-20(2)30(43-37(52)54-5)34(49)45-16-7-9-25(45)32-39-23-12-11-22(19-24(23)40-32)27-13-14-29(56-27)47-18-15-28(42-36(47)51)41-33(48)26-10-8-17-46(26)35(50)31(21(3)4)44-38(53)55-6/h11-15,18-21,25-26,30-31H,7-10,16-17H2,1-6H3,(H,39,40)(H,43,52)(H,44,53)(H,41,42,48,51)/t25-,26-,30-,31-/m0/s1. The number of alkyl carbamates (subject to hydrolysis) is 2. The van der Waals surface area contributed by atoms with E-state index in [1.165, 1.54) is 47.3 Å². The van der Waals surface area contributed by atoms with E-state index in [1.807, 2.05) is 44.2 Å². The van der Waals surface area contributed by atoms with Gasteiger partial charge in [-0.05, 0) is 73.4 Å². The fraction of sp³-hybridized carbons (Fsp3) is 0.474. The lowest BCUT2D eigenvalue weighted by molar-refractivity contribution is -0.139. The number of thiophene rings is 1. The first-order valence-electron chi connectivity index (χ1n) is 18.6. The molecule has 0 aliphatic carbocycles. The molecule has 298 valence electrons. The monoisotopic (exact) mass is 789 g/mol. The number of benzene rings is 1. The fourth-order valence-corrected chi connectivity index (χ4v) is 8.16. The maximum absolute atomic E-state index is 13.6. The van der Waals surface area contributed by atoms with E-state index in [0.29, 0.717) is 36.8 Å². The van der Waals surface area contributed by atoms with Crippen LogP contribution >= 0.6 is 11.3 Å². The van der Waals surface area contributed by atoms with Crippen LogP contribution in [0.3, 0.4) is 0 Å². The molecule has 56 heavy (non-hydrogen) atoms. The van der Waals surface area contributed by atoms with Crippen molar-refractivity contribution in [2.45, 2.75) is 77.5 Å². The molecule has 3 aromatic heterocycles. The second kappa shape index (κ2) is 16.9. The second-order valence-electron chi connectivity index (χ2n) is 14.5. The average molecular weight is 790 g/mol. The third-order valence-corrected chi connectivity index (χ3v) is 11.3. The molecule has 4 aromatic rings. The Balaban J connectivity index is 1.14. The molecule has 0 saturated carbocycles. The number of likely N-dealkylation sites (tertiary alicyclic amines) is 2. The quantitative estimate of drug-likeness (QED) is 0.170. The number of imidazole rings is 1. The van der Waals surface area contributed by atoms with Crippen LogP contribution in [0.5, 0.6) is 0 Å². The number of carbonyl (C=O) groups excluding carboxylic acids is 5. The third kappa shape index (κ3) is 8.39. The van der Waals surface area contributed by atoms with Crippen molar-refractivity contribution in [3.8, 4) is 15.4 Å². The summed E-state index contributed by atoms with van der Waals surface area (Å²) in [5, 5.41) is 8.54. The molecule has 2 aliphatic heterocycles. The highest BCUT2D eigenvalue weighted by Gasteiger charge is 2.40. The minimum absolute atomic E-state index is 0.0582. The van der Waals surface area contributed by atoms with Gasteiger partial charge in [-0.25, -0.2) is 19.4 Å². The largest absolute Gasteiger partial charge is 0.453 e. The third-order valence-electron chi connectivity index (χ3n) is 10.1. The van der Waals surface area contributed by atoms with Crippen LogP contribution in [0.25, 0.3) is 26.5 Å². The van der Waals surface area contributed by atoms with Gasteiger partial charge >= 0.3 is 17.9 Å². The van der Waals surface area contributed by atoms with Gasteiger partial charge in [-0.1, -0.05) is 33.8 Å². The number of H-pyrrole nitrogens is 1. The molecule has 5 amide bonds. The Morgan fingerprint density at radius 1 is 0.839 bits per heavy atom. The molecule has 17 nitrogen and oxygen atoms in total. The van der Waals surface area contributed by atoms with Crippen LogP contribution in [0, 0.1) is 11.8 Å². The zero-order valence-corrected chi connectivity index (χ0v) is 33.0.